The Morgan fingerprint density at radius 2 is 2.25 bits per heavy atom. The van der Waals surface area contributed by atoms with Crippen LogP contribution in [0.25, 0.3) is 0 Å². The second-order valence-corrected chi connectivity index (χ2v) is 3.13. The molecule has 84 valence electrons. The van der Waals surface area contributed by atoms with Gasteiger partial charge in [0.1, 0.15) is 5.75 Å². The third-order valence-corrected chi connectivity index (χ3v) is 1.94. The van der Waals surface area contributed by atoms with Crippen molar-refractivity contribution in [3.63, 3.8) is 0 Å². The average molecular weight is 225 g/mol. The lowest BCUT2D eigenvalue weighted by molar-refractivity contribution is -0.0498. The van der Waals surface area contributed by atoms with Crippen molar-refractivity contribution in [2.45, 2.75) is 13.2 Å². The maximum absolute atomic E-state index is 12.0. The predicted octanol–water partition coefficient (Wildman–Crippen LogP) is 1.93. The van der Waals surface area contributed by atoms with Gasteiger partial charge in [0.2, 0.25) is 0 Å². The average Bonchev–Trinajstić information content (AvgIpc) is 2.70. The molecule has 1 heterocycles. The fourth-order valence-electron chi connectivity index (χ4n) is 1.32. The van der Waals surface area contributed by atoms with E-state index in [1.807, 2.05) is 0 Å². The summed E-state index contributed by atoms with van der Waals surface area (Å²) in [6.07, 6.45) is 3.25. The number of hydrogen-bond donors (Lipinski definition) is 0. The summed E-state index contributed by atoms with van der Waals surface area (Å²) in [7, 11) is 0. The summed E-state index contributed by atoms with van der Waals surface area (Å²) < 4.78 is 29.9. The fourth-order valence-corrected chi connectivity index (χ4v) is 1.32. The van der Waals surface area contributed by atoms with Crippen LogP contribution in [-0.4, -0.2) is 21.6 Å². The van der Waals surface area contributed by atoms with Gasteiger partial charge in [-0.05, 0) is 17.7 Å². The number of benzene rings is 1. The van der Waals surface area contributed by atoms with Crippen molar-refractivity contribution in [1.29, 1.82) is 0 Å². The highest BCUT2D eigenvalue weighted by Gasteiger charge is 2.04. The van der Waals surface area contributed by atoms with Gasteiger partial charge < -0.3 is 4.74 Å². The van der Waals surface area contributed by atoms with Crippen molar-refractivity contribution in [3.8, 4) is 5.75 Å². The first-order valence-corrected chi connectivity index (χ1v) is 4.62. The van der Waals surface area contributed by atoms with Gasteiger partial charge >= 0.3 is 6.61 Å². The first-order valence-electron chi connectivity index (χ1n) is 4.62. The Bertz CT molecular complexity index is 445. The van der Waals surface area contributed by atoms with Crippen LogP contribution in [0.1, 0.15) is 5.56 Å². The van der Waals surface area contributed by atoms with Crippen LogP contribution >= 0.6 is 0 Å². The summed E-state index contributed by atoms with van der Waals surface area (Å²) in [5, 5.41) is 7.43. The molecule has 0 N–H and O–H groups in total. The van der Waals surface area contributed by atoms with Crippen molar-refractivity contribution in [2.75, 3.05) is 0 Å². The van der Waals surface area contributed by atoms with Crippen LogP contribution in [0.4, 0.5) is 8.78 Å². The number of rotatable bonds is 4. The Morgan fingerprint density at radius 1 is 1.38 bits per heavy atom. The molecular weight excluding hydrogens is 216 g/mol. The molecule has 2 rings (SSSR count). The first kappa shape index (κ1) is 10.5. The Kier molecular flexibility index (Phi) is 3.09. The second kappa shape index (κ2) is 4.69. The maximum Gasteiger partial charge on any atom is 0.387 e. The van der Waals surface area contributed by atoms with Crippen LogP contribution in [-0.2, 0) is 6.54 Å². The summed E-state index contributed by atoms with van der Waals surface area (Å²) in [4.78, 5) is 0. The summed E-state index contributed by atoms with van der Waals surface area (Å²) in [6.45, 7) is -2.33. The molecule has 0 fully saturated rings. The highest BCUT2D eigenvalue weighted by molar-refractivity contribution is 5.28. The van der Waals surface area contributed by atoms with Crippen molar-refractivity contribution >= 4 is 0 Å². The molecule has 0 bridgehead atoms. The standard InChI is InChI=1S/C10H9F2N3O/c11-10(12)16-9-3-1-2-8(6-9)7-15-5-4-13-14-15/h1-6,10H,7H2. The Labute approximate surface area is 90.5 Å². The van der Waals surface area contributed by atoms with Gasteiger partial charge in [-0.25, -0.2) is 4.68 Å². The molecule has 0 atom stereocenters. The molecule has 16 heavy (non-hydrogen) atoms. The van der Waals surface area contributed by atoms with Crippen molar-refractivity contribution in [1.82, 2.24) is 15.0 Å². The minimum Gasteiger partial charge on any atom is -0.435 e. The van der Waals surface area contributed by atoms with Crippen LogP contribution < -0.4 is 4.74 Å². The Hall–Kier alpha value is -1.98. The van der Waals surface area contributed by atoms with Crippen LogP contribution in [0.15, 0.2) is 36.7 Å². The third-order valence-electron chi connectivity index (χ3n) is 1.94. The van der Waals surface area contributed by atoms with Gasteiger partial charge in [0.15, 0.2) is 0 Å². The van der Waals surface area contributed by atoms with E-state index in [9.17, 15) is 8.78 Å². The number of hydrogen-bond acceptors (Lipinski definition) is 3. The topological polar surface area (TPSA) is 39.9 Å². The highest BCUT2D eigenvalue weighted by atomic mass is 19.3. The van der Waals surface area contributed by atoms with Crippen LogP contribution in [0.2, 0.25) is 0 Å². The SMILES string of the molecule is FC(F)Oc1cccc(Cn2ccnn2)c1. The third kappa shape index (κ3) is 2.75. The van der Waals surface area contributed by atoms with E-state index in [0.717, 1.165) is 5.56 Å². The molecule has 0 radical (unpaired) electrons. The lowest BCUT2D eigenvalue weighted by Crippen LogP contribution is -2.04. The highest BCUT2D eigenvalue weighted by Crippen LogP contribution is 2.16. The molecule has 6 heteroatoms. The van der Waals surface area contributed by atoms with Gasteiger partial charge in [0.05, 0.1) is 12.7 Å². The molecule has 2 aromatic rings. The zero-order chi connectivity index (χ0) is 11.4. The molecule has 0 saturated heterocycles. The van der Waals surface area contributed by atoms with Crippen LogP contribution in [0.3, 0.4) is 0 Å². The van der Waals surface area contributed by atoms with E-state index >= 15 is 0 Å². The molecule has 0 amide bonds. The molecule has 4 nitrogen and oxygen atoms in total. The largest absolute Gasteiger partial charge is 0.435 e. The minimum absolute atomic E-state index is 0.146. The Morgan fingerprint density at radius 3 is 2.94 bits per heavy atom. The number of halogens is 2. The monoisotopic (exact) mass is 225 g/mol. The van der Waals surface area contributed by atoms with Gasteiger partial charge in [-0.15, -0.1) is 5.10 Å². The summed E-state index contributed by atoms with van der Waals surface area (Å²) in [6, 6.07) is 6.49. The molecule has 0 aliphatic carbocycles. The van der Waals surface area contributed by atoms with E-state index in [-0.39, 0.29) is 5.75 Å². The second-order valence-electron chi connectivity index (χ2n) is 3.13. The smallest absolute Gasteiger partial charge is 0.387 e. The molecule has 0 aliphatic heterocycles. The zero-order valence-electron chi connectivity index (χ0n) is 8.25. The summed E-state index contributed by atoms with van der Waals surface area (Å²) in [5.41, 5.74) is 0.823. The van der Waals surface area contributed by atoms with Crippen molar-refractivity contribution < 1.29 is 13.5 Å². The van der Waals surface area contributed by atoms with E-state index in [1.54, 1.807) is 35.3 Å². The molecule has 0 spiro atoms. The quantitative estimate of drug-likeness (QED) is 0.798. The lowest BCUT2D eigenvalue weighted by atomic mass is 10.2. The maximum atomic E-state index is 12.0. The normalized spacial score (nSPS) is 10.7. The molecule has 0 saturated carbocycles. The molecule has 1 aromatic carbocycles. The van der Waals surface area contributed by atoms with E-state index < -0.39 is 6.61 Å². The number of nitrogens with zero attached hydrogens (tertiary/aromatic N) is 3. The molecule has 1 aromatic heterocycles. The van der Waals surface area contributed by atoms with Crippen molar-refractivity contribution in [2.24, 2.45) is 0 Å². The van der Waals surface area contributed by atoms with Gasteiger partial charge in [0, 0.05) is 6.20 Å². The van der Waals surface area contributed by atoms with E-state index in [4.69, 9.17) is 0 Å². The van der Waals surface area contributed by atoms with E-state index in [0.29, 0.717) is 6.54 Å². The molecule has 0 aliphatic rings. The van der Waals surface area contributed by atoms with E-state index in [1.165, 1.54) is 6.07 Å². The zero-order valence-corrected chi connectivity index (χ0v) is 8.25. The van der Waals surface area contributed by atoms with Crippen LogP contribution in [0, 0.1) is 0 Å². The summed E-state index contributed by atoms with van der Waals surface area (Å²) >= 11 is 0. The van der Waals surface area contributed by atoms with Gasteiger partial charge in [-0.3, -0.25) is 0 Å². The molecule has 0 unspecified atom stereocenters. The minimum atomic E-state index is -2.80. The first-order chi connectivity index (χ1) is 7.74. The fraction of sp³-hybridized carbons (Fsp3) is 0.200. The Balaban J connectivity index is 2.10. The number of alkyl halides is 2. The van der Waals surface area contributed by atoms with E-state index in [2.05, 4.69) is 15.0 Å². The summed E-state index contributed by atoms with van der Waals surface area (Å²) in [5.74, 6) is 0.146. The predicted molar refractivity (Wildman–Crippen MR) is 52.2 cm³/mol. The van der Waals surface area contributed by atoms with Gasteiger partial charge in [0.25, 0.3) is 0 Å². The van der Waals surface area contributed by atoms with Gasteiger partial charge in [-0.1, -0.05) is 17.3 Å². The van der Waals surface area contributed by atoms with Crippen molar-refractivity contribution in [3.05, 3.63) is 42.2 Å². The number of ether oxygens (including phenoxy) is 1. The van der Waals surface area contributed by atoms with Gasteiger partial charge in [-0.2, -0.15) is 8.78 Å². The van der Waals surface area contributed by atoms with Crippen LogP contribution in [0.5, 0.6) is 5.75 Å². The lowest BCUT2D eigenvalue weighted by Gasteiger charge is -2.06. The number of aromatic nitrogens is 3. The molecular formula is C10H9F2N3O.